The van der Waals surface area contributed by atoms with Crippen LogP contribution in [0.4, 0.5) is 0 Å². The Morgan fingerprint density at radius 3 is 2.50 bits per heavy atom. The number of ketones is 1. The molecule has 1 fully saturated rings. The van der Waals surface area contributed by atoms with E-state index in [2.05, 4.69) is 26.8 Å². The molecule has 3 heterocycles. The van der Waals surface area contributed by atoms with Gasteiger partial charge < -0.3 is 24.8 Å². The molecule has 6 nitrogen and oxygen atoms in total. The Morgan fingerprint density at radius 2 is 1.79 bits per heavy atom. The summed E-state index contributed by atoms with van der Waals surface area (Å²) in [6.45, 7) is 12.4. The molecule has 4 rings (SSSR count). The van der Waals surface area contributed by atoms with Crippen LogP contribution in [-0.4, -0.2) is 45.2 Å². The van der Waals surface area contributed by atoms with Crippen molar-refractivity contribution in [2.75, 3.05) is 0 Å². The van der Waals surface area contributed by atoms with Gasteiger partial charge in [0.05, 0.1) is 18.3 Å². The number of carbonyl (C=O) groups is 1. The van der Waals surface area contributed by atoms with E-state index >= 15 is 0 Å². The van der Waals surface area contributed by atoms with E-state index in [9.17, 15) is 20.1 Å². The maximum absolute atomic E-state index is 12.7. The number of carbonyl (C=O) groups excluding carboxylic acids is 1. The lowest BCUT2D eigenvalue weighted by atomic mass is 9.75. The zero-order valence-electron chi connectivity index (χ0n) is 21.2. The number of hydrogen-bond donors (Lipinski definition) is 3. The number of aliphatic hydroxyl groups is 3. The number of hydrogen-bond acceptors (Lipinski definition) is 6. The SMILES string of the molecule is C/C1=C\[C@@H](C)CC[C@H]2OC(C3=C(O)C(=O)C=C4O[C@@](O)(C=C43)[C@@H](C)C[C@H](C)C1)[C@H](C)[C@@H](O)[C@H]2C. The summed E-state index contributed by atoms with van der Waals surface area (Å²) in [4.78, 5) is 12.7. The average molecular weight is 473 g/mol. The molecule has 1 aliphatic carbocycles. The molecule has 4 bridgehead atoms. The zero-order chi connectivity index (χ0) is 24.9. The van der Waals surface area contributed by atoms with Gasteiger partial charge >= 0.3 is 0 Å². The lowest BCUT2D eigenvalue weighted by molar-refractivity contribution is -0.164. The van der Waals surface area contributed by atoms with Crippen LogP contribution in [0.5, 0.6) is 0 Å². The number of aliphatic hydroxyl groups excluding tert-OH is 2. The number of fused-ring (bicyclic) bond motifs is 4. The van der Waals surface area contributed by atoms with Crippen LogP contribution in [0.15, 0.2) is 46.5 Å². The summed E-state index contributed by atoms with van der Waals surface area (Å²) >= 11 is 0. The highest BCUT2D eigenvalue weighted by atomic mass is 16.6. The number of rotatable bonds is 0. The Morgan fingerprint density at radius 1 is 1.09 bits per heavy atom. The highest BCUT2D eigenvalue weighted by Gasteiger charge is 2.50. The van der Waals surface area contributed by atoms with Gasteiger partial charge in [-0.2, -0.15) is 0 Å². The van der Waals surface area contributed by atoms with Crippen molar-refractivity contribution < 1.29 is 29.6 Å². The molecule has 1 unspecified atom stereocenters. The van der Waals surface area contributed by atoms with Crippen LogP contribution >= 0.6 is 0 Å². The Bertz CT molecular complexity index is 958. The smallest absolute Gasteiger partial charge is 0.231 e. The van der Waals surface area contributed by atoms with Crippen LogP contribution in [0.25, 0.3) is 0 Å². The van der Waals surface area contributed by atoms with Gasteiger partial charge in [-0.3, -0.25) is 4.79 Å². The second-order valence-electron chi connectivity index (χ2n) is 11.4. The fourth-order valence-electron chi connectivity index (χ4n) is 6.28. The highest BCUT2D eigenvalue weighted by Crippen LogP contribution is 2.47. The largest absolute Gasteiger partial charge is 0.504 e. The number of allylic oxidation sites excluding steroid dienone is 4. The van der Waals surface area contributed by atoms with Gasteiger partial charge in [-0.25, -0.2) is 0 Å². The fraction of sp³-hybridized carbons (Fsp3) is 0.679. The molecule has 4 aliphatic rings. The van der Waals surface area contributed by atoms with Crippen molar-refractivity contribution in [3.8, 4) is 0 Å². The minimum atomic E-state index is -1.59. The van der Waals surface area contributed by atoms with Crippen molar-refractivity contribution in [2.24, 2.45) is 29.6 Å². The van der Waals surface area contributed by atoms with Gasteiger partial charge in [0, 0.05) is 35.0 Å². The van der Waals surface area contributed by atoms with Crippen molar-refractivity contribution in [2.45, 2.75) is 91.3 Å². The molecule has 188 valence electrons. The summed E-state index contributed by atoms with van der Waals surface area (Å²) in [5.74, 6) is -2.24. The standard InChI is InChI=1S/C28H40O6/c1-14-7-8-22-18(5)25(30)19(6)27(33-22)24-20-13-28(32,34-23(20)12-21(29)26(24)31)17(4)11-16(3)10-15(2)9-14/h9,12-14,16-19,22,25,27,30-32H,7-8,10-11H2,1-6H3/b15-9+/t14-,16+,17-,18-,19+,22+,25-,27?,28-/m0/s1. The first-order valence-corrected chi connectivity index (χ1v) is 12.8. The van der Waals surface area contributed by atoms with E-state index in [0.29, 0.717) is 23.0 Å². The van der Waals surface area contributed by atoms with Crippen molar-refractivity contribution in [1.82, 2.24) is 0 Å². The maximum Gasteiger partial charge on any atom is 0.231 e. The molecule has 0 spiro atoms. The highest BCUT2D eigenvalue weighted by molar-refractivity contribution is 6.06. The van der Waals surface area contributed by atoms with Crippen molar-refractivity contribution in [3.63, 3.8) is 0 Å². The summed E-state index contributed by atoms with van der Waals surface area (Å²) in [5.41, 5.74) is 2.14. The lowest BCUT2D eigenvalue weighted by Gasteiger charge is -2.44. The first-order chi connectivity index (χ1) is 15.9. The first-order valence-electron chi connectivity index (χ1n) is 12.8. The second kappa shape index (κ2) is 9.29. The monoisotopic (exact) mass is 472 g/mol. The summed E-state index contributed by atoms with van der Waals surface area (Å²) in [6, 6.07) is 0. The van der Waals surface area contributed by atoms with E-state index in [1.807, 2.05) is 20.8 Å². The predicted molar refractivity (Wildman–Crippen MR) is 130 cm³/mol. The van der Waals surface area contributed by atoms with E-state index in [4.69, 9.17) is 9.47 Å². The molecule has 0 aromatic heterocycles. The third-order valence-electron chi connectivity index (χ3n) is 8.29. The van der Waals surface area contributed by atoms with Crippen LogP contribution in [0.3, 0.4) is 0 Å². The normalized spacial score (nSPS) is 45.2. The third-order valence-corrected chi connectivity index (χ3v) is 8.29. The van der Waals surface area contributed by atoms with E-state index in [1.54, 1.807) is 6.08 Å². The number of ether oxygens (including phenoxy) is 2. The summed E-state index contributed by atoms with van der Waals surface area (Å²) in [5, 5.41) is 33.4. The predicted octanol–water partition coefficient (Wildman–Crippen LogP) is 4.74. The van der Waals surface area contributed by atoms with E-state index < -0.39 is 29.5 Å². The summed E-state index contributed by atoms with van der Waals surface area (Å²) < 4.78 is 12.5. The van der Waals surface area contributed by atoms with Crippen molar-refractivity contribution in [1.29, 1.82) is 0 Å². The van der Waals surface area contributed by atoms with E-state index in [1.165, 1.54) is 11.6 Å². The third kappa shape index (κ3) is 4.52. The zero-order valence-corrected chi connectivity index (χ0v) is 21.2. The molecule has 0 radical (unpaired) electrons. The molecule has 1 saturated heterocycles. The molecule has 0 aromatic carbocycles. The van der Waals surface area contributed by atoms with Gasteiger partial charge in [0.15, 0.2) is 5.76 Å². The molecule has 0 aromatic rings. The molecular weight excluding hydrogens is 432 g/mol. The van der Waals surface area contributed by atoms with Crippen LogP contribution in [-0.2, 0) is 14.3 Å². The quantitative estimate of drug-likeness (QED) is 0.441. The van der Waals surface area contributed by atoms with Gasteiger partial charge in [-0.15, -0.1) is 0 Å². The minimum absolute atomic E-state index is 0.0785. The van der Waals surface area contributed by atoms with Gasteiger partial charge in [0.1, 0.15) is 5.76 Å². The average Bonchev–Trinajstić information content (AvgIpc) is 3.09. The Kier molecular flexibility index (Phi) is 6.89. The fourth-order valence-corrected chi connectivity index (χ4v) is 6.28. The Labute approximate surface area is 203 Å². The van der Waals surface area contributed by atoms with Crippen LogP contribution < -0.4 is 0 Å². The van der Waals surface area contributed by atoms with Gasteiger partial charge in [-0.1, -0.05) is 46.3 Å². The molecule has 0 saturated carbocycles. The topological polar surface area (TPSA) is 96.2 Å². The van der Waals surface area contributed by atoms with Crippen LogP contribution in [0.2, 0.25) is 0 Å². The molecule has 6 heteroatoms. The maximum atomic E-state index is 12.7. The molecule has 3 aliphatic heterocycles. The molecular formula is C28H40O6. The van der Waals surface area contributed by atoms with Gasteiger partial charge in [0.25, 0.3) is 0 Å². The Hall–Kier alpha value is -1.89. The van der Waals surface area contributed by atoms with Crippen molar-refractivity contribution >= 4 is 5.78 Å². The van der Waals surface area contributed by atoms with Crippen LogP contribution in [0, 0.1) is 29.6 Å². The van der Waals surface area contributed by atoms with Crippen LogP contribution in [0.1, 0.15) is 67.2 Å². The molecule has 0 amide bonds. The van der Waals surface area contributed by atoms with E-state index in [-0.39, 0.29) is 29.6 Å². The summed E-state index contributed by atoms with van der Waals surface area (Å²) in [7, 11) is 0. The molecule has 34 heavy (non-hydrogen) atoms. The second-order valence-corrected chi connectivity index (χ2v) is 11.4. The summed E-state index contributed by atoms with van der Waals surface area (Å²) in [6.07, 6.45) is 6.99. The molecule has 9 atom stereocenters. The lowest BCUT2D eigenvalue weighted by Crippen LogP contribution is -2.50. The minimum Gasteiger partial charge on any atom is -0.504 e. The Balaban J connectivity index is 1.80. The first kappa shape index (κ1) is 25.2. The van der Waals surface area contributed by atoms with Gasteiger partial charge in [0.2, 0.25) is 11.6 Å². The molecule has 3 N–H and O–H groups in total. The van der Waals surface area contributed by atoms with E-state index in [0.717, 1.165) is 25.7 Å². The van der Waals surface area contributed by atoms with Crippen molar-refractivity contribution in [3.05, 3.63) is 46.5 Å². The van der Waals surface area contributed by atoms with Gasteiger partial charge in [-0.05, 0) is 50.5 Å².